The van der Waals surface area contributed by atoms with Gasteiger partial charge in [0.05, 0.1) is 11.8 Å². The van der Waals surface area contributed by atoms with Gasteiger partial charge in [-0.05, 0) is 36.8 Å². The lowest BCUT2D eigenvalue weighted by atomic mass is 10.1. The fraction of sp³-hybridized carbons (Fsp3) is 0.176. The molecule has 24 heavy (non-hydrogen) atoms. The number of hydrogen-bond donors (Lipinski definition) is 2. The van der Waals surface area contributed by atoms with E-state index in [0.29, 0.717) is 35.0 Å². The van der Waals surface area contributed by atoms with Crippen LogP contribution in [0.15, 0.2) is 41.0 Å². The van der Waals surface area contributed by atoms with Crippen LogP contribution in [0.3, 0.4) is 0 Å². The second kappa shape index (κ2) is 5.77. The van der Waals surface area contributed by atoms with Crippen LogP contribution in [-0.4, -0.2) is 22.9 Å². The highest BCUT2D eigenvalue weighted by molar-refractivity contribution is 6.00. The molecule has 7 nitrogen and oxygen atoms in total. The Morgan fingerprint density at radius 2 is 2.17 bits per heavy atom. The third-order valence-electron chi connectivity index (χ3n) is 3.82. The van der Waals surface area contributed by atoms with Crippen molar-refractivity contribution < 1.29 is 18.7 Å². The number of rotatable bonds is 4. The molecule has 3 heterocycles. The summed E-state index contributed by atoms with van der Waals surface area (Å²) in [4.78, 5) is 12.6. The fourth-order valence-corrected chi connectivity index (χ4v) is 2.62. The van der Waals surface area contributed by atoms with Gasteiger partial charge in [0, 0.05) is 12.2 Å². The number of nitrogens with zero attached hydrogens (tertiary/aromatic N) is 1. The molecule has 1 aromatic carbocycles. The first-order valence-corrected chi connectivity index (χ1v) is 7.48. The normalized spacial score (nSPS) is 12.4. The van der Waals surface area contributed by atoms with Crippen molar-refractivity contribution in [3.8, 4) is 23.0 Å². The maximum Gasteiger partial charge on any atom is 0.255 e. The molecule has 0 aliphatic carbocycles. The number of H-pyrrole nitrogens is 1. The number of carbonyl (C=O) groups is 1. The number of benzene rings is 1. The van der Waals surface area contributed by atoms with Gasteiger partial charge in [-0.15, -0.1) is 0 Å². The first-order valence-electron chi connectivity index (χ1n) is 7.48. The van der Waals surface area contributed by atoms with Crippen molar-refractivity contribution in [3.05, 3.63) is 53.4 Å². The highest BCUT2D eigenvalue weighted by atomic mass is 16.7. The molecule has 1 amide bonds. The molecule has 122 valence electrons. The molecule has 3 aromatic rings. The molecule has 0 bridgehead atoms. The van der Waals surface area contributed by atoms with Crippen molar-refractivity contribution in [2.45, 2.75) is 13.5 Å². The minimum Gasteiger partial charge on any atom is -0.463 e. The first kappa shape index (κ1) is 14.4. The minimum absolute atomic E-state index is 0.217. The van der Waals surface area contributed by atoms with Crippen molar-refractivity contribution >= 4 is 5.91 Å². The minimum atomic E-state index is -0.217. The van der Waals surface area contributed by atoms with Crippen molar-refractivity contribution in [1.29, 1.82) is 0 Å². The molecule has 0 radical (unpaired) electrons. The van der Waals surface area contributed by atoms with Crippen LogP contribution in [0, 0.1) is 6.92 Å². The third-order valence-corrected chi connectivity index (χ3v) is 3.82. The average molecular weight is 325 g/mol. The summed E-state index contributed by atoms with van der Waals surface area (Å²) in [6.07, 6.45) is 1.55. The Kier molecular flexibility index (Phi) is 3.45. The molecule has 1 aliphatic heterocycles. The van der Waals surface area contributed by atoms with Gasteiger partial charge in [-0.2, -0.15) is 5.10 Å². The van der Waals surface area contributed by atoms with E-state index in [4.69, 9.17) is 13.9 Å². The lowest BCUT2D eigenvalue weighted by Crippen LogP contribution is -2.23. The van der Waals surface area contributed by atoms with Crippen LogP contribution < -0.4 is 14.8 Å². The maximum atomic E-state index is 12.6. The lowest BCUT2D eigenvalue weighted by Gasteiger charge is -2.07. The molecular formula is C17H15N3O4. The average Bonchev–Trinajstić information content (AvgIpc) is 3.32. The van der Waals surface area contributed by atoms with E-state index in [1.807, 2.05) is 18.2 Å². The Morgan fingerprint density at radius 3 is 3.00 bits per heavy atom. The molecule has 0 fully saturated rings. The van der Waals surface area contributed by atoms with Gasteiger partial charge in [-0.1, -0.05) is 6.07 Å². The van der Waals surface area contributed by atoms with E-state index in [-0.39, 0.29) is 12.7 Å². The molecule has 0 unspecified atom stereocenters. The van der Waals surface area contributed by atoms with E-state index in [0.717, 1.165) is 11.3 Å². The van der Waals surface area contributed by atoms with Gasteiger partial charge in [0.15, 0.2) is 17.3 Å². The number of furan rings is 1. The Morgan fingerprint density at radius 1 is 1.29 bits per heavy atom. The van der Waals surface area contributed by atoms with E-state index >= 15 is 0 Å². The Balaban J connectivity index is 1.52. The van der Waals surface area contributed by atoms with E-state index in [9.17, 15) is 4.79 Å². The maximum absolute atomic E-state index is 12.6. The van der Waals surface area contributed by atoms with Crippen LogP contribution in [0.25, 0.3) is 11.5 Å². The molecule has 4 rings (SSSR count). The van der Waals surface area contributed by atoms with Crippen LogP contribution in [-0.2, 0) is 6.54 Å². The topological polar surface area (TPSA) is 89.4 Å². The molecular weight excluding hydrogens is 310 g/mol. The number of carbonyl (C=O) groups excluding carboxylic acids is 1. The molecule has 7 heteroatoms. The van der Waals surface area contributed by atoms with Crippen molar-refractivity contribution in [1.82, 2.24) is 15.5 Å². The number of aryl methyl sites for hydroxylation is 1. The molecule has 1 aliphatic rings. The quantitative estimate of drug-likeness (QED) is 0.770. The summed E-state index contributed by atoms with van der Waals surface area (Å²) in [7, 11) is 0. The van der Waals surface area contributed by atoms with Gasteiger partial charge < -0.3 is 19.2 Å². The number of aromatic amines is 1. The standard InChI is InChI=1S/C17H15N3O4/c1-10-15(16(20-19-10)13-3-2-6-22-13)17(21)18-8-11-4-5-12-14(7-11)24-9-23-12/h2-7H,8-9H2,1H3,(H,18,21)(H,19,20). The number of fused-ring (bicyclic) bond motifs is 1. The number of hydrogen-bond acceptors (Lipinski definition) is 5. The highest BCUT2D eigenvalue weighted by Crippen LogP contribution is 2.32. The van der Waals surface area contributed by atoms with E-state index in [1.54, 1.807) is 25.3 Å². The van der Waals surface area contributed by atoms with Crippen molar-refractivity contribution in [2.75, 3.05) is 6.79 Å². The number of nitrogens with one attached hydrogen (secondary N) is 2. The Labute approximate surface area is 137 Å². The summed E-state index contributed by atoms with van der Waals surface area (Å²) in [5, 5.41) is 9.90. The van der Waals surface area contributed by atoms with Gasteiger partial charge in [0.25, 0.3) is 5.91 Å². The highest BCUT2D eigenvalue weighted by Gasteiger charge is 2.21. The first-order chi connectivity index (χ1) is 11.7. The van der Waals surface area contributed by atoms with Gasteiger partial charge >= 0.3 is 0 Å². The van der Waals surface area contributed by atoms with Crippen LogP contribution in [0.2, 0.25) is 0 Å². The van der Waals surface area contributed by atoms with Gasteiger partial charge in [-0.25, -0.2) is 0 Å². The molecule has 0 saturated carbocycles. The summed E-state index contributed by atoms with van der Waals surface area (Å²) in [6, 6.07) is 9.11. The van der Waals surface area contributed by atoms with E-state index in [1.165, 1.54) is 0 Å². The van der Waals surface area contributed by atoms with Crippen LogP contribution in [0.5, 0.6) is 11.5 Å². The predicted molar refractivity (Wildman–Crippen MR) is 84.8 cm³/mol. The van der Waals surface area contributed by atoms with Crippen LogP contribution in [0.4, 0.5) is 0 Å². The second-order valence-corrected chi connectivity index (χ2v) is 5.42. The molecule has 2 aromatic heterocycles. The zero-order chi connectivity index (χ0) is 16.5. The van der Waals surface area contributed by atoms with Crippen molar-refractivity contribution in [3.63, 3.8) is 0 Å². The Hall–Kier alpha value is -3.22. The number of ether oxygens (including phenoxy) is 2. The monoisotopic (exact) mass is 325 g/mol. The summed E-state index contributed by atoms with van der Waals surface area (Å²) < 4.78 is 16.0. The molecule has 0 saturated heterocycles. The summed E-state index contributed by atoms with van der Waals surface area (Å²) in [5.41, 5.74) is 2.59. The van der Waals surface area contributed by atoms with E-state index < -0.39 is 0 Å². The van der Waals surface area contributed by atoms with Crippen LogP contribution >= 0.6 is 0 Å². The SMILES string of the molecule is Cc1[nH]nc(-c2ccco2)c1C(=O)NCc1ccc2c(c1)OCO2. The summed E-state index contributed by atoms with van der Waals surface area (Å²) in [6.45, 7) is 2.40. The second-order valence-electron chi connectivity index (χ2n) is 5.42. The van der Waals surface area contributed by atoms with Gasteiger partial charge in [0.1, 0.15) is 5.69 Å². The number of amides is 1. The smallest absolute Gasteiger partial charge is 0.255 e. The summed E-state index contributed by atoms with van der Waals surface area (Å²) >= 11 is 0. The summed E-state index contributed by atoms with van der Waals surface area (Å²) in [5.74, 6) is 1.74. The fourth-order valence-electron chi connectivity index (χ4n) is 2.62. The van der Waals surface area contributed by atoms with Gasteiger partial charge in [-0.3, -0.25) is 9.89 Å². The largest absolute Gasteiger partial charge is 0.463 e. The van der Waals surface area contributed by atoms with Crippen molar-refractivity contribution in [2.24, 2.45) is 0 Å². The zero-order valence-electron chi connectivity index (χ0n) is 13.0. The molecule has 0 spiro atoms. The Bertz CT molecular complexity index is 883. The van der Waals surface area contributed by atoms with Gasteiger partial charge in [0.2, 0.25) is 6.79 Å². The zero-order valence-corrected chi connectivity index (χ0v) is 13.0. The van der Waals surface area contributed by atoms with Crippen LogP contribution in [0.1, 0.15) is 21.6 Å². The predicted octanol–water partition coefficient (Wildman–Crippen LogP) is 2.64. The molecule has 2 N–H and O–H groups in total. The lowest BCUT2D eigenvalue weighted by molar-refractivity contribution is 0.0950. The molecule has 0 atom stereocenters. The third kappa shape index (κ3) is 2.50. The number of aromatic nitrogens is 2. The van der Waals surface area contributed by atoms with E-state index in [2.05, 4.69) is 15.5 Å².